The van der Waals surface area contributed by atoms with Gasteiger partial charge in [0.05, 0.1) is 21.7 Å². The molecular weight excluding hydrogens is 719 g/mol. The van der Waals surface area contributed by atoms with Crippen molar-refractivity contribution in [3.8, 4) is 11.5 Å². The van der Waals surface area contributed by atoms with Gasteiger partial charge in [-0.05, 0) is 107 Å². The maximum absolute atomic E-state index is 13.5. The molecule has 0 saturated carbocycles. The topological polar surface area (TPSA) is 67.9 Å². The maximum atomic E-state index is 13.5. The van der Waals surface area contributed by atoms with Crippen molar-refractivity contribution in [2.75, 3.05) is 16.8 Å². The van der Waals surface area contributed by atoms with E-state index in [1.807, 2.05) is 43.3 Å². The molecule has 4 aromatic rings. The largest absolute Gasteiger partial charge is 0.490 e. The summed E-state index contributed by atoms with van der Waals surface area (Å²) in [5, 5.41) is 2.73. The van der Waals surface area contributed by atoms with Crippen LogP contribution in [-0.2, 0) is 11.4 Å². The van der Waals surface area contributed by atoms with Crippen LogP contribution in [0.5, 0.6) is 11.5 Å². The first-order chi connectivity index (χ1) is 20.7. The minimum atomic E-state index is -0.398. The highest BCUT2D eigenvalue weighted by Gasteiger charge is 2.33. The van der Waals surface area contributed by atoms with E-state index in [-0.39, 0.29) is 5.91 Å². The molecule has 1 aliphatic heterocycles. The second kappa shape index (κ2) is 13.9. The van der Waals surface area contributed by atoms with Crippen molar-refractivity contribution in [2.24, 2.45) is 0 Å². The van der Waals surface area contributed by atoms with Gasteiger partial charge in [-0.15, -0.1) is 0 Å². The van der Waals surface area contributed by atoms with Crippen LogP contribution in [0.25, 0.3) is 6.08 Å². The first-order valence-electron chi connectivity index (χ1n) is 13.0. The van der Waals surface area contributed by atoms with Crippen LogP contribution in [0.3, 0.4) is 0 Å². The summed E-state index contributed by atoms with van der Waals surface area (Å²) in [6, 6.07) is 23.6. The standard InChI is InChI=1S/C32H23Br2FN2O4S2/c1-2-40-27-15-20(14-26(34)29(27)41-18-19-6-8-22(33)9-7-19)16-28-31(39)37(32(42)43-28)25-5-3-4-21(17-25)30(38)36-24-12-10-23(35)11-13-24/h3-17H,2,18H2,1H3,(H,36,38)/b28-16+. The number of nitrogens with one attached hydrogen (secondary N) is 1. The smallest absolute Gasteiger partial charge is 0.270 e. The molecule has 218 valence electrons. The number of thioether (sulfide) groups is 1. The average molecular weight is 742 g/mol. The molecule has 1 saturated heterocycles. The second-order valence-corrected chi connectivity index (χ2v) is 12.7. The minimum absolute atomic E-state index is 0.309. The Morgan fingerprint density at radius 3 is 2.49 bits per heavy atom. The highest BCUT2D eigenvalue weighted by Crippen LogP contribution is 2.41. The highest BCUT2D eigenvalue weighted by atomic mass is 79.9. The number of hydrogen-bond acceptors (Lipinski definition) is 6. The first kappa shape index (κ1) is 30.9. The van der Waals surface area contributed by atoms with Crippen molar-refractivity contribution in [3.63, 3.8) is 0 Å². The van der Waals surface area contributed by atoms with Crippen LogP contribution in [0.1, 0.15) is 28.4 Å². The van der Waals surface area contributed by atoms with E-state index in [4.69, 9.17) is 21.7 Å². The van der Waals surface area contributed by atoms with Gasteiger partial charge in [0, 0.05) is 15.7 Å². The van der Waals surface area contributed by atoms with Crippen LogP contribution in [0, 0.1) is 5.82 Å². The lowest BCUT2D eigenvalue weighted by molar-refractivity contribution is -0.113. The molecule has 0 bridgehead atoms. The molecule has 0 unspecified atom stereocenters. The number of carbonyl (C=O) groups excluding carboxylic acids is 2. The van der Waals surface area contributed by atoms with E-state index < -0.39 is 11.7 Å². The Kier molecular flexibility index (Phi) is 9.97. The summed E-state index contributed by atoms with van der Waals surface area (Å²) in [6.45, 7) is 2.67. The molecule has 1 heterocycles. The fourth-order valence-electron chi connectivity index (χ4n) is 4.17. The summed E-state index contributed by atoms with van der Waals surface area (Å²) >= 11 is 13.8. The van der Waals surface area contributed by atoms with Crippen molar-refractivity contribution in [3.05, 3.63) is 121 Å². The van der Waals surface area contributed by atoms with E-state index in [0.717, 1.165) is 15.6 Å². The summed E-state index contributed by atoms with van der Waals surface area (Å²) in [5.41, 5.74) is 2.96. The molecule has 2 amide bonds. The van der Waals surface area contributed by atoms with E-state index in [1.54, 1.807) is 30.3 Å². The average Bonchev–Trinajstić information content (AvgIpc) is 3.26. The Balaban J connectivity index is 1.35. The first-order valence-corrected chi connectivity index (χ1v) is 15.8. The molecule has 0 aromatic heterocycles. The van der Waals surface area contributed by atoms with Crippen LogP contribution in [0.15, 0.2) is 98.8 Å². The predicted octanol–water partition coefficient (Wildman–Crippen LogP) is 8.99. The molecule has 1 aliphatic rings. The number of carbonyl (C=O) groups is 2. The molecule has 6 nitrogen and oxygen atoms in total. The number of thiocarbonyl (C=S) groups is 1. The molecule has 11 heteroatoms. The minimum Gasteiger partial charge on any atom is -0.490 e. The van der Waals surface area contributed by atoms with Crippen LogP contribution >= 0.6 is 55.8 Å². The summed E-state index contributed by atoms with van der Waals surface area (Å²) in [5.74, 6) is -0.00780. The molecule has 0 radical (unpaired) electrons. The van der Waals surface area contributed by atoms with Gasteiger partial charge in [-0.1, -0.05) is 58.1 Å². The van der Waals surface area contributed by atoms with Crippen molar-refractivity contribution in [2.45, 2.75) is 13.5 Å². The Hall–Kier alpha value is -3.51. The molecule has 0 atom stereocenters. The number of benzene rings is 4. The fraction of sp³-hybridized carbons (Fsp3) is 0.0938. The van der Waals surface area contributed by atoms with Crippen molar-refractivity contribution < 1.29 is 23.5 Å². The third kappa shape index (κ3) is 7.53. The normalized spacial score (nSPS) is 13.9. The third-order valence-electron chi connectivity index (χ3n) is 6.19. The molecule has 0 aliphatic carbocycles. The Bertz CT molecular complexity index is 1730. The van der Waals surface area contributed by atoms with E-state index in [9.17, 15) is 14.0 Å². The number of amides is 2. The zero-order chi connectivity index (χ0) is 30.5. The summed E-state index contributed by atoms with van der Waals surface area (Å²) < 4.78 is 27.2. The Morgan fingerprint density at radius 2 is 1.77 bits per heavy atom. The lowest BCUT2D eigenvalue weighted by Crippen LogP contribution is -2.27. The zero-order valence-corrected chi connectivity index (χ0v) is 27.4. The molecule has 0 spiro atoms. The number of anilines is 2. The number of rotatable bonds is 9. The monoisotopic (exact) mass is 740 g/mol. The highest BCUT2D eigenvalue weighted by molar-refractivity contribution is 9.10. The van der Waals surface area contributed by atoms with Crippen molar-refractivity contribution in [1.82, 2.24) is 0 Å². The van der Waals surface area contributed by atoms with E-state index in [1.165, 1.54) is 40.9 Å². The van der Waals surface area contributed by atoms with Gasteiger partial charge < -0.3 is 14.8 Å². The van der Waals surface area contributed by atoms with E-state index >= 15 is 0 Å². The molecule has 4 aromatic carbocycles. The van der Waals surface area contributed by atoms with Crippen molar-refractivity contribution >= 4 is 89.4 Å². The lowest BCUT2D eigenvalue weighted by Gasteiger charge is -2.16. The molecule has 1 fully saturated rings. The second-order valence-electron chi connectivity index (χ2n) is 9.21. The summed E-state index contributed by atoms with van der Waals surface area (Å²) in [7, 11) is 0. The van der Waals surface area contributed by atoms with Gasteiger partial charge in [-0.2, -0.15) is 0 Å². The van der Waals surface area contributed by atoms with Gasteiger partial charge in [0.15, 0.2) is 15.8 Å². The van der Waals surface area contributed by atoms with Crippen LogP contribution in [-0.4, -0.2) is 22.7 Å². The lowest BCUT2D eigenvalue weighted by atomic mass is 10.1. The van der Waals surface area contributed by atoms with Crippen LogP contribution in [0.2, 0.25) is 0 Å². The maximum Gasteiger partial charge on any atom is 0.270 e. The SMILES string of the molecule is CCOc1cc(/C=C2/SC(=S)N(c3cccc(C(=O)Nc4ccc(F)cc4)c3)C2=O)cc(Br)c1OCc1ccc(Br)cc1. The van der Waals surface area contributed by atoms with Crippen molar-refractivity contribution in [1.29, 1.82) is 0 Å². The number of hydrogen-bond donors (Lipinski definition) is 1. The summed E-state index contributed by atoms with van der Waals surface area (Å²) in [6.07, 6.45) is 1.75. The number of ether oxygens (including phenoxy) is 2. The number of halogens is 3. The number of nitrogens with zero attached hydrogens (tertiary/aromatic N) is 1. The fourth-order valence-corrected chi connectivity index (χ4v) is 6.31. The predicted molar refractivity (Wildman–Crippen MR) is 180 cm³/mol. The van der Waals surface area contributed by atoms with Gasteiger partial charge in [-0.25, -0.2) is 4.39 Å². The third-order valence-corrected chi connectivity index (χ3v) is 8.61. The van der Waals surface area contributed by atoms with E-state index in [0.29, 0.717) is 55.3 Å². The van der Waals surface area contributed by atoms with Gasteiger partial charge in [-0.3, -0.25) is 14.5 Å². The van der Waals surface area contributed by atoms with Gasteiger partial charge in [0.25, 0.3) is 11.8 Å². The van der Waals surface area contributed by atoms with Gasteiger partial charge >= 0.3 is 0 Å². The molecule has 5 rings (SSSR count). The van der Waals surface area contributed by atoms with Crippen LogP contribution in [0.4, 0.5) is 15.8 Å². The molecular formula is C32H23Br2FN2O4S2. The van der Waals surface area contributed by atoms with Gasteiger partial charge in [0.1, 0.15) is 12.4 Å². The quantitative estimate of drug-likeness (QED) is 0.137. The Morgan fingerprint density at radius 1 is 1.02 bits per heavy atom. The zero-order valence-electron chi connectivity index (χ0n) is 22.6. The molecule has 43 heavy (non-hydrogen) atoms. The Labute approximate surface area is 274 Å². The van der Waals surface area contributed by atoms with Gasteiger partial charge in [0.2, 0.25) is 0 Å². The van der Waals surface area contributed by atoms with E-state index in [2.05, 4.69) is 37.2 Å². The summed E-state index contributed by atoms with van der Waals surface area (Å²) in [4.78, 5) is 28.2. The van der Waals surface area contributed by atoms with Crippen LogP contribution < -0.4 is 19.7 Å². The molecule has 1 N–H and O–H groups in total.